The molecule has 0 aliphatic heterocycles. The van der Waals surface area contributed by atoms with Gasteiger partial charge in [-0.15, -0.1) is 11.3 Å². The van der Waals surface area contributed by atoms with E-state index >= 15 is 0 Å². The molecular weight excluding hydrogens is 200 g/mol. The molecule has 1 unspecified atom stereocenters. The number of methoxy groups -OCH3 is 1. The zero-order chi connectivity index (χ0) is 10.6. The first-order chi connectivity index (χ1) is 6.67. The van der Waals surface area contributed by atoms with Gasteiger partial charge in [-0.25, -0.2) is 4.98 Å². The van der Waals surface area contributed by atoms with Crippen LogP contribution in [0.3, 0.4) is 0 Å². The quantitative estimate of drug-likeness (QED) is 0.757. The van der Waals surface area contributed by atoms with Gasteiger partial charge in [-0.1, -0.05) is 6.92 Å². The molecule has 0 fully saturated rings. The van der Waals surface area contributed by atoms with E-state index in [4.69, 9.17) is 5.73 Å². The number of hydrogen-bond acceptors (Lipinski definition) is 5. The molecule has 0 saturated carbocycles. The fourth-order valence-electron chi connectivity index (χ4n) is 0.951. The SMILES string of the molecule is COC(=O)Cc1csc(C(C)CN)n1. The highest BCUT2D eigenvalue weighted by molar-refractivity contribution is 7.09. The van der Waals surface area contributed by atoms with Crippen LogP contribution in [0.25, 0.3) is 0 Å². The van der Waals surface area contributed by atoms with Crippen LogP contribution in [0.5, 0.6) is 0 Å². The van der Waals surface area contributed by atoms with Crippen molar-refractivity contribution in [1.29, 1.82) is 0 Å². The summed E-state index contributed by atoms with van der Waals surface area (Å²) in [5.74, 6) is -0.00588. The van der Waals surface area contributed by atoms with E-state index in [2.05, 4.69) is 9.72 Å². The fraction of sp³-hybridized carbons (Fsp3) is 0.556. The lowest BCUT2D eigenvalue weighted by Crippen LogP contribution is -2.09. The van der Waals surface area contributed by atoms with E-state index < -0.39 is 0 Å². The van der Waals surface area contributed by atoms with Crippen LogP contribution in [0.2, 0.25) is 0 Å². The van der Waals surface area contributed by atoms with Gasteiger partial charge in [0.2, 0.25) is 0 Å². The predicted molar refractivity (Wildman–Crippen MR) is 55.3 cm³/mol. The maximum absolute atomic E-state index is 10.9. The average Bonchev–Trinajstić information content (AvgIpc) is 2.65. The van der Waals surface area contributed by atoms with Crippen molar-refractivity contribution in [3.05, 3.63) is 16.1 Å². The summed E-state index contributed by atoms with van der Waals surface area (Å²) in [5.41, 5.74) is 6.28. The Morgan fingerprint density at radius 3 is 3.07 bits per heavy atom. The highest BCUT2D eigenvalue weighted by atomic mass is 32.1. The number of hydrogen-bond donors (Lipinski definition) is 1. The minimum absolute atomic E-state index is 0.240. The number of nitrogens with zero attached hydrogens (tertiary/aromatic N) is 1. The van der Waals surface area contributed by atoms with Gasteiger partial charge in [-0.3, -0.25) is 4.79 Å². The van der Waals surface area contributed by atoms with Gasteiger partial charge in [0.1, 0.15) is 0 Å². The van der Waals surface area contributed by atoms with E-state index in [9.17, 15) is 4.79 Å². The van der Waals surface area contributed by atoms with Gasteiger partial charge < -0.3 is 10.5 Å². The zero-order valence-corrected chi connectivity index (χ0v) is 9.13. The van der Waals surface area contributed by atoms with Crippen LogP contribution in [0.4, 0.5) is 0 Å². The summed E-state index contributed by atoms with van der Waals surface area (Å²) in [5, 5.41) is 2.85. The van der Waals surface area contributed by atoms with Crippen molar-refractivity contribution in [2.45, 2.75) is 19.3 Å². The van der Waals surface area contributed by atoms with Crippen molar-refractivity contribution in [3.63, 3.8) is 0 Å². The van der Waals surface area contributed by atoms with Crippen LogP contribution in [0.15, 0.2) is 5.38 Å². The molecule has 1 aromatic heterocycles. The van der Waals surface area contributed by atoms with Gasteiger partial charge in [0.05, 0.1) is 24.2 Å². The van der Waals surface area contributed by atoms with E-state index in [1.807, 2.05) is 12.3 Å². The first-order valence-electron chi connectivity index (χ1n) is 4.38. The van der Waals surface area contributed by atoms with Gasteiger partial charge >= 0.3 is 5.97 Å². The Hall–Kier alpha value is -0.940. The molecule has 0 aliphatic rings. The Kier molecular flexibility index (Phi) is 4.03. The number of nitrogens with two attached hydrogens (primary N) is 1. The van der Waals surface area contributed by atoms with Crippen molar-refractivity contribution < 1.29 is 9.53 Å². The third kappa shape index (κ3) is 2.78. The largest absolute Gasteiger partial charge is 0.469 e. The molecule has 0 amide bonds. The predicted octanol–water partition coefficient (Wildman–Crippen LogP) is 0.921. The zero-order valence-electron chi connectivity index (χ0n) is 8.32. The Labute approximate surface area is 87.1 Å². The average molecular weight is 214 g/mol. The molecule has 0 saturated heterocycles. The lowest BCUT2D eigenvalue weighted by molar-refractivity contribution is -0.139. The molecule has 0 aliphatic carbocycles. The minimum atomic E-state index is -0.262. The van der Waals surface area contributed by atoms with E-state index in [1.165, 1.54) is 18.4 Å². The number of carbonyl (C=O) groups excluding carboxylic acids is 1. The van der Waals surface area contributed by atoms with Crippen molar-refractivity contribution in [2.24, 2.45) is 5.73 Å². The second-order valence-corrected chi connectivity index (χ2v) is 3.96. The maximum Gasteiger partial charge on any atom is 0.311 e. The Morgan fingerprint density at radius 1 is 1.79 bits per heavy atom. The summed E-state index contributed by atoms with van der Waals surface area (Å²) >= 11 is 1.54. The van der Waals surface area contributed by atoms with Crippen molar-refractivity contribution in [3.8, 4) is 0 Å². The second-order valence-electron chi connectivity index (χ2n) is 3.07. The summed E-state index contributed by atoms with van der Waals surface area (Å²) in [4.78, 5) is 15.3. The summed E-state index contributed by atoms with van der Waals surface area (Å²) in [6.45, 7) is 2.59. The molecular formula is C9H14N2O2S. The lowest BCUT2D eigenvalue weighted by Gasteiger charge is -2.01. The monoisotopic (exact) mass is 214 g/mol. The summed E-state index contributed by atoms with van der Waals surface area (Å²) < 4.78 is 4.55. The van der Waals surface area contributed by atoms with Gasteiger partial charge in [0.25, 0.3) is 0 Å². The normalized spacial score (nSPS) is 12.5. The van der Waals surface area contributed by atoms with Gasteiger partial charge in [-0.2, -0.15) is 0 Å². The van der Waals surface area contributed by atoms with Crippen LogP contribution < -0.4 is 5.73 Å². The molecule has 4 nitrogen and oxygen atoms in total. The first-order valence-corrected chi connectivity index (χ1v) is 5.26. The summed E-state index contributed by atoms with van der Waals surface area (Å²) in [6, 6.07) is 0. The number of rotatable bonds is 4. The molecule has 0 bridgehead atoms. The Bertz CT molecular complexity index is 312. The number of thiazole rings is 1. The summed E-state index contributed by atoms with van der Waals surface area (Å²) in [6.07, 6.45) is 0.240. The molecule has 1 atom stereocenters. The highest BCUT2D eigenvalue weighted by Gasteiger charge is 2.11. The number of carbonyl (C=O) groups is 1. The molecule has 1 aromatic rings. The van der Waals surface area contributed by atoms with Crippen LogP contribution >= 0.6 is 11.3 Å². The fourth-order valence-corrected chi connectivity index (χ4v) is 1.84. The molecule has 1 heterocycles. The Balaban J connectivity index is 2.63. The number of aromatic nitrogens is 1. The van der Waals surface area contributed by atoms with Crippen molar-refractivity contribution >= 4 is 17.3 Å². The molecule has 5 heteroatoms. The van der Waals surface area contributed by atoms with Crippen LogP contribution in [0.1, 0.15) is 23.5 Å². The molecule has 0 radical (unpaired) electrons. The summed E-state index contributed by atoms with van der Waals surface area (Å²) in [7, 11) is 1.37. The number of ether oxygens (including phenoxy) is 1. The minimum Gasteiger partial charge on any atom is -0.469 e. The topological polar surface area (TPSA) is 65.2 Å². The van der Waals surface area contributed by atoms with Crippen molar-refractivity contribution in [1.82, 2.24) is 4.98 Å². The van der Waals surface area contributed by atoms with Crippen LogP contribution in [-0.4, -0.2) is 24.6 Å². The second kappa shape index (κ2) is 5.07. The van der Waals surface area contributed by atoms with E-state index in [0.717, 1.165) is 10.7 Å². The molecule has 0 spiro atoms. The maximum atomic E-state index is 10.9. The molecule has 1 rings (SSSR count). The molecule has 14 heavy (non-hydrogen) atoms. The van der Waals surface area contributed by atoms with E-state index in [1.54, 1.807) is 0 Å². The molecule has 78 valence electrons. The van der Waals surface area contributed by atoms with Gasteiger partial charge in [0, 0.05) is 17.8 Å². The first kappa shape index (κ1) is 11.1. The van der Waals surface area contributed by atoms with Gasteiger partial charge in [0.15, 0.2) is 0 Å². The molecule has 2 N–H and O–H groups in total. The smallest absolute Gasteiger partial charge is 0.311 e. The highest BCUT2D eigenvalue weighted by Crippen LogP contribution is 2.19. The van der Waals surface area contributed by atoms with Crippen LogP contribution in [0, 0.1) is 0 Å². The van der Waals surface area contributed by atoms with E-state index in [-0.39, 0.29) is 18.3 Å². The Morgan fingerprint density at radius 2 is 2.50 bits per heavy atom. The van der Waals surface area contributed by atoms with Crippen molar-refractivity contribution in [2.75, 3.05) is 13.7 Å². The standard InChI is InChI=1S/C9H14N2O2S/c1-6(4-10)9-11-7(5-14-9)3-8(12)13-2/h5-6H,3-4,10H2,1-2H3. The third-order valence-corrected chi connectivity index (χ3v) is 3.02. The number of esters is 1. The van der Waals surface area contributed by atoms with Gasteiger partial charge in [-0.05, 0) is 0 Å². The molecule has 0 aromatic carbocycles. The lowest BCUT2D eigenvalue weighted by atomic mass is 10.2. The third-order valence-electron chi connectivity index (χ3n) is 1.90. The van der Waals surface area contributed by atoms with E-state index in [0.29, 0.717) is 6.54 Å². The van der Waals surface area contributed by atoms with Crippen LogP contribution in [-0.2, 0) is 16.0 Å².